The molecule has 0 saturated heterocycles. The highest BCUT2D eigenvalue weighted by atomic mass is 19.1. The first-order valence-corrected chi connectivity index (χ1v) is 7.59. The summed E-state index contributed by atoms with van der Waals surface area (Å²) < 4.78 is 18.8. The zero-order chi connectivity index (χ0) is 17.6. The molecular formula is C19H16FN3O2. The minimum absolute atomic E-state index is 0.241. The van der Waals surface area contributed by atoms with Crippen molar-refractivity contribution in [3.8, 4) is 5.75 Å². The number of aromatic nitrogens is 1. The van der Waals surface area contributed by atoms with Crippen molar-refractivity contribution in [1.82, 2.24) is 4.98 Å². The Labute approximate surface area is 144 Å². The third kappa shape index (κ3) is 3.92. The number of para-hydroxylation sites is 3. The van der Waals surface area contributed by atoms with Crippen molar-refractivity contribution in [1.29, 1.82) is 0 Å². The lowest BCUT2D eigenvalue weighted by atomic mass is 10.2. The van der Waals surface area contributed by atoms with E-state index in [9.17, 15) is 9.18 Å². The van der Waals surface area contributed by atoms with Gasteiger partial charge in [0.2, 0.25) is 0 Å². The predicted octanol–water partition coefficient (Wildman–Crippen LogP) is 4.23. The summed E-state index contributed by atoms with van der Waals surface area (Å²) in [6.07, 6.45) is 1.48. The normalized spacial score (nSPS) is 10.2. The molecule has 0 unspecified atom stereocenters. The minimum atomic E-state index is -0.361. The number of carbonyl (C=O) groups is 1. The van der Waals surface area contributed by atoms with Crippen LogP contribution in [0.1, 0.15) is 10.5 Å². The summed E-state index contributed by atoms with van der Waals surface area (Å²) in [6, 6.07) is 16.7. The van der Waals surface area contributed by atoms with Gasteiger partial charge >= 0.3 is 0 Å². The molecule has 3 aromatic rings. The number of carbonyl (C=O) groups excluding carboxylic acids is 1. The van der Waals surface area contributed by atoms with Crippen molar-refractivity contribution < 1.29 is 13.9 Å². The highest BCUT2D eigenvalue weighted by Gasteiger charge is 2.11. The van der Waals surface area contributed by atoms with Gasteiger partial charge in [0, 0.05) is 0 Å². The Balaban J connectivity index is 1.71. The topological polar surface area (TPSA) is 63.2 Å². The monoisotopic (exact) mass is 337 g/mol. The number of benzene rings is 2. The zero-order valence-corrected chi connectivity index (χ0v) is 13.5. The Hall–Kier alpha value is -3.41. The molecule has 1 heterocycles. The number of ether oxygens (including phenoxy) is 1. The fraction of sp³-hybridized carbons (Fsp3) is 0.0526. The van der Waals surface area contributed by atoms with Gasteiger partial charge in [0.15, 0.2) is 0 Å². The molecule has 0 aliphatic heterocycles. The first-order valence-electron chi connectivity index (χ1n) is 7.59. The van der Waals surface area contributed by atoms with E-state index in [2.05, 4.69) is 15.6 Å². The SMILES string of the molecule is COc1ccccc1NC(=O)c1ccc(Nc2ccccc2F)cn1. The van der Waals surface area contributed by atoms with Crippen LogP contribution in [0.5, 0.6) is 5.75 Å². The molecule has 0 fully saturated rings. The van der Waals surface area contributed by atoms with Gasteiger partial charge in [-0.05, 0) is 36.4 Å². The summed E-state index contributed by atoms with van der Waals surface area (Å²) >= 11 is 0. The Morgan fingerprint density at radius 1 is 1.00 bits per heavy atom. The predicted molar refractivity (Wildman–Crippen MR) is 94.9 cm³/mol. The number of halogens is 1. The second-order valence-corrected chi connectivity index (χ2v) is 5.19. The number of methoxy groups -OCH3 is 1. The van der Waals surface area contributed by atoms with Crippen molar-refractivity contribution in [3.05, 3.63) is 78.4 Å². The van der Waals surface area contributed by atoms with Gasteiger partial charge in [-0.25, -0.2) is 9.37 Å². The van der Waals surface area contributed by atoms with Crippen molar-refractivity contribution in [2.45, 2.75) is 0 Å². The van der Waals surface area contributed by atoms with Crippen molar-refractivity contribution in [2.24, 2.45) is 0 Å². The molecule has 0 atom stereocenters. The van der Waals surface area contributed by atoms with Crippen LogP contribution in [-0.2, 0) is 0 Å². The van der Waals surface area contributed by atoms with Crippen molar-refractivity contribution >= 4 is 23.0 Å². The second-order valence-electron chi connectivity index (χ2n) is 5.19. The number of hydrogen-bond donors (Lipinski definition) is 2. The summed E-state index contributed by atoms with van der Waals surface area (Å²) in [7, 11) is 1.53. The molecular weight excluding hydrogens is 321 g/mol. The summed E-state index contributed by atoms with van der Waals surface area (Å²) in [4.78, 5) is 16.4. The average molecular weight is 337 g/mol. The number of anilines is 3. The maximum Gasteiger partial charge on any atom is 0.274 e. The van der Waals surface area contributed by atoms with Gasteiger partial charge in [-0.15, -0.1) is 0 Å². The number of rotatable bonds is 5. The fourth-order valence-corrected chi connectivity index (χ4v) is 2.25. The van der Waals surface area contributed by atoms with E-state index in [1.165, 1.54) is 19.4 Å². The third-order valence-electron chi connectivity index (χ3n) is 3.50. The molecule has 3 rings (SSSR count). The molecule has 1 amide bonds. The van der Waals surface area contributed by atoms with Crippen LogP contribution in [0.2, 0.25) is 0 Å². The van der Waals surface area contributed by atoms with E-state index in [1.807, 2.05) is 6.07 Å². The summed E-state index contributed by atoms with van der Waals surface area (Å²) in [5.41, 5.74) is 1.73. The Bertz CT molecular complexity index is 882. The maximum absolute atomic E-state index is 13.6. The van der Waals surface area contributed by atoms with E-state index in [0.29, 0.717) is 22.8 Å². The molecule has 126 valence electrons. The van der Waals surface area contributed by atoms with E-state index < -0.39 is 0 Å². The molecule has 0 saturated carbocycles. The Kier molecular flexibility index (Phi) is 4.89. The van der Waals surface area contributed by atoms with Gasteiger partial charge in [-0.2, -0.15) is 0 Å². The van der Waals surface area contributed by atoms with Crippen LogP contribution in [0, 0.1) is 5.82 Å². The van der Waals surface area contributed by atoms with Crippen LogP contribution in [0.4, 0.5) is 21.5 Å². The van der Waals surface area contributed by atoms with E-state index in [0.717, 1.165) is 0 Å². The average Bonchev–Trinajstić information content (AvgIpc) is 2.64. The van der Waals surface area contributed by atoms with Gasteiger partial charge in [-0.1, -0.05) is 24.3 Å². The van der Waals surface area contributed by atoms with Gasteiger partial charge in [0.25, 0.3) is 5.91 Å². The third-order valence-corrected chi connectivity index (χ3v) is 3.50. The first-order chi connectivity index (χ1) is 12.2. The quantitative estimate of drug-likeness (QED) is 0.731. The van der Waals surface area contributed by atoms with Gasteiger partial charge in [0.1, 0.15) is 17.3 Å². The van der Waals surface area contributed by atoms with E-state index >= 15 is 0 Å². The van der Waals surface area contributed by atoms with Crippen LogP contribution < -0.4 is 15.4 Å². The lowest BCUT2D eigenvalue weighted by Crippen LogP contribution is -2.14. The standard InChI is InChI=1S/C19H16FN3O2/c1-25-18-9-5-4-8-16(18)23-19(24)17-11-10-13(12-21-17)22-15-7-3-2-6-14(15)20/h2-12,22H,1H3,(H,23,24). The number of hydrogen-bond acceptors (Lipinski definition) is 4. The molecule has 2 N–H and O–H groups in total. The highest BCUT2D eigenvalue weighted by molar-refractivity contribution is 6.03. The summed E-state index contributed by atoms with van der Waals surface area (Å²) in [6.45, 7) is 0. The highest BCUT2D eigenvalue weighted by Crippen LogP contribution is 2.24. The Morgan fingerprint density at radius 2 is 1.72 bits per heavy atom. The Morgan fingerprint density at radius 3 is 2.40 bits per heavy atom. The van der Waals surface area contributed by atoms with E-state index in [1.54, 1.807) is 48.5 Å². The zero-order valence-electron chi connectivity index (χ0n) is 13.5. The molecule has 0 radical (unpaired) electrons. The van der Waals surface area contributed by atoms with Crippen LogP contribution in [-0.4, -0.2) is 18.0 Å². The molecule has 0 bridgehead atoms. The number of nitrogens with one attached hydrogen (secondary N) is 2. The van der Waals surface area contributed by atoms with Gasteiger partial charge in [-0.3, -0.25) is 4.79 Å². The molecule has 6 heteroatoms. The first kappa shape index (κ1) is 16.4. The lowest BCUT2D eigenvalue weighted by Gasteiger charge is -2.10. The largest absolute Gasteiger partial charge is 0.495 e. The molecule has 0 spiro atoms. The van der Waals surface area contributed by atoms with Crippen molar-refractivity contribution in [3.63, 3.8) is 0 Å². The smallest absolute Gasteiger partial charge is 0.274 e. The van der Waals surface area contributed by atoms with E-state index in [-0.39, 0.29) is 17.4 Å². The number of amides is 1. The second kappa shape index (κ2) is 7.44. The lowest BCUT2D eigenvalue weighted by molar-refractivity contribution is 0.102. The molecule has 2 aromatic carbocycles. The van der Waals surface area contributed by atoms with Crippen LogP contribution in [0.3, 0.4) is 0 Å². The molecule has 1 aromatic heterocycles. The van der Waals surface area contributed by atoms with Crippen LogP contribution in [0.25, 0.3) is 0 Å². The molecule has 0 aliphatic carbocycles. The molecule has 25 heavy (non-hydrogen) atoms. The van der Waals surface area contributed by atoms with Gasteiger partial charge < -0.3 is 15.4 Å². The fourth-order valence-electron chi connectivity index (χ4n) is 2.25. The minimum Gasteiger partial charge on any atom is -0.495 e. The van der Waals surface area contributed by atoms with Crippen LogP contribution >= 0.6 is 0 Å². The van der Waals surface area contributed by atoms with Crippen LogP contribution in [0.15, 0.2) is 66.9 Å². The molecule has 5 nitrogen and oxygen atoms in total. The number of nitrogens with zero attached hydrogens (tertiary/aromatic N) is 1. The summed E-state index contributed by atoms with van der Waals surface area (Å²) in [5.74, 6) is -0.156. The van der Waals surface area contributed by atoms with E-state index in [4.69, 9.17) is 4.74 Å². The maximum atomic E-state index is 13.6. The van der Waals surface area contributed by atoms with Crippen molar-refractivity contribution in [2.75, 3.05) is 17.7 Å². The molecule has 0 aliphatic rings. The summed E-state index contributed by atoms with van der Waals surface area (Å²) in [5, 5.41) is 5.67. The van der Waals surface area contributed by atoms with Gasteiger partial charge in [0.05, 0.1) is 30.4 Å². The number of pyridine rings is 1.